The van der Waals surface area contributed by atoms with Crippen molar-refractivity contribution in [2.24, 2.45) is 5.41 Å². The van der Waals surface area contributed by atoms with Crippen LogP contribution in [0.4, 0.5) is 4.39 Å². The highest BCUT2D eigenvalue weighted by molar-refractivity contribution is 7.13. The molecule has 218 valence electrons. The van der Waals surface area contributed by atoms with Crippen LogP contribution in [0.1, 0.15) is 77.6 Å². The number of nitrogens with one attached hydrogen (secondary N) is 2. The fourth-order valence-electron chi connectivity index (χ4n) is 5.17. The van der Waals surface area contributed by atoms with Crippen molar-refractivity contribution >= 4 is 29.1 Å². The maximum atomic E-state index is 14.4. The van der Waals surface area contributed by atoms with Gasteiger partial charge in [0.05, 0.1) is 22.2 Å². The quantitative estimate of drug-likeness (QED) is 0.464. The average molecular weight is 573 g/mol. The molecule has 1 aliphatic heterocycles. The molecule has 3 unspecified atom stereocenters. The number of carbonyl (C=O) groups is 3. The summed E-state index contributed by atoms with van der Waals surface area (Å²) in [6, 6.07) is 4.24. The second-order valence-corrected chi connectivity index (χ2v) is 14.1. The first-order valence-corrected chi connectivity index (χ1v) is 14.7. The molecular weight excluding hydrogens is 531 g/mol. The molecule has 3 N–H and O–H groups in total. The number of thiazole rings is 1. The van der Waals surface area contributed by atoms with Crippen LogP contribution in [-0.2, 0) is 26.3 Å². The van der Waals surface area contributed by atoms with Crippen LogP contribution in [0.15, 0.2) is 23.7 Å². The number of likely N-dealkylation sites (tertiary alicyclic amines) is 1. The number of amides is 3. The molecule has 3 atom stereocenters. The number of halogens is 1. The van der Waals surface area contributed by atoms with Crippen LogP contribution in [0.2, 0.25) is 0 Å². The summed E-state index contributed by atoms with van der Waals surface area (Å²) in [6.07, 6.45) is -0.512. The van der Waals surface area contributed by atoms with E-state index in [9.17, 15) is 23.9 Å². The minimum atomic E-state index is -1.93. The Bertz CT molecular complexity index is 1290. The molecule has 0 bridgehead atoms. The molecule has 0 spiro atoms. The highest BCUT2D eigenvalue weighted by atomic mass is 32.1. The number of hydrogen-bond acceptors (Lipinski definition) is 6. The Morgan fingerprint density at radius 1 is 1.20 bits per heavy atom. The van der Waals surface area contributed by atoms with Crippen molar-refractivity contribution in [2.45, 2.75) is 104 Å². The van der Waals surface area contributed by atoms with E-state index in [1.54, 1.807) is 32.1 Å². The Hall–Kier alpha value is -2.85. The van der Waals surface area contributed by atoms with Crippen molar-refractivity contribution in [1.82, 2.24) is 20.5 Å². The van der Waals surface area contributed by atoms with Gasteiger partial charge < -0.3 is 20.6 Å². The Labute approximate surface area is 239 Å². The topological polar surface area (TPSA) is 112 Å². The zero-order valence-corrected chi connectivity index (χ0v) is 25.2. The van der Waals surface area contributed by atoms with E-state index in [4.69, 9.17) is 0 Å². The smallest absolute Gasteiger partial charge is 0.258 e. The summed E-state index contributed by atoms with van der Waals surface area (Å²) in [4.78, 5) is 46.4. The Morgan fingerprint density at radius 2 is 1.88 bits per heavy atom. The SMILES string of the molecule is Cc1ncsc1-c1ccc(CNC(=O)C2CC(O)CN2C(=O)C(NC(=O)C2(F)CC2)C(C)(C)C)c(C(C)(C)C)c1. The first-order chi connectivity index (χ1) is 18.5. The summed E-state index contributed by atoms with van der Waals surface area (Å²) >= 11 is 1.59. The maximum absolute atomic E-state index is 14.4. The van der Waals surface area contributed by atoms with Gasteiger partial charge in [-0.25, -0.2) is 9.37 Å². The molecule has 8 nitrogen and oxygen atoms in total. The predicted octanol–water partition coefficient (Wildman–Crippen LogP) is 4.03. The minimum absolute atomic E-state index is 0.0315. The van der Waals surface area contributed by atoms with Gasteiger partial charge in [-0.3, -0.25) is 14.4 Å². The van der Waals surface area contributed by atoms with Crippen LogP contribution in [0.3, 0.4) is 0 Å². The summed E-state index contributed by atoms with van der Waals surface area (Å²) < 4.78 is 14.4. The fraction of sp³-hybridized carbons (Fsp3) is 0.600. The van der Waals surface area contributed by atoms with Crippen LogP contribution in [0, 0.1) is 12.3 Å². The van der Waals surface area contributed by atoms with E-state index in [0.717, 1.165) is 27.3 Å². The number of aryl methyl sites for hydroxylation is 1. The first kappa shape index (κ1) is 30.1. The van der Waals surface area contributed by atoms with Gasteiger partial charge in [-0.1, -0.05) is 53.7 Å². The standard InChI is InChI=1S/C30H41FN4O4S/c1-17-23(40-16-33-17)18-8-9-19(21(12-18)28(2,3)4)14-32-25(37)22-13-20(36)15-35(22)26(38)24(29(5,6)7)34-27(39)30(31)10-11-30/h8-9,12,16,20,22,24,36H,10-11,13-15H2,1-7H3,(H,32,37)(H,34,39). The van der Waals surface area contributed by atoms with Crippen LogP contribution in [-0.4, -0.2) is 63.1 Å². The van der Waals surface area contributed by atoms with Crippen molar-refractivity contribution < 1.29 is 23.9 Å². The molecule has 40 heavy (non-hydrogen) atoms. The third-order valence-electron chi connectivity index (χ3n) is 7.73. The summed E-state index contributed by atoms with van der Waals surface area (Å²) in [5, 5.41) is 16.0. The molecule has 10 heteroatoms. The lowest BCUT2D eigenvalue weighted by Crippen LogP contribution is -2.59. The summed E-state index contributed by atoms with van der Waals surface area (Å²) in [5.74, 6) is -1.68. The zero-order chi connectivity index (χ0) is 29.6. The van der Waals surface area contributed by atoms with Gasteiger partial charge in [0.25, 0.3) is 5.91 Å². The lowest BCUT2D eigenvalue weighted by atomic mass is 9.82. The molecule has 3 amide bonds. The lowest BCUT2D eigenvalue weighted by Gasteiger charge is -2.35. The number of carbonyl (C=O) groups excluding carboxylic acids is 3. The van der Waals surface area contributed by atoms with Gasteiger partial charge in [-0.2, -0.15) is 0 Å². The third-order valence-corrected chi connectivity index (χ3v) is 8.71. The van der Waals surface area contributed by atoms with Gasteiger partial charge in [0.1, 0.15) is 12.1 Å². The van der Waals surface area contributed by atoms with Crippen LogP contribution >= 0.6 is 11.3 Å². The van der Waals surface area contributed by atoms with E-state index in [2.05, 4.69) is 42.5 Å². The van der Waals surface area contributed by atoms with Crippen molar-refractivity contribution in [3.8, 4) is 10.4 Å². The normalized spacial score (nSPS) is 21.2. The minimum Gasteiger partial charge on any atom is -0.391 e. The summed E-state index contributed by atoms with van der Waals surface area (Å²) in [6.45, 7) is 13.9. The third kappa shape index (κ3) is 6.38. The molecule has 1 aromatic heterocycles. The van der Waals surface area contributed by atoms with Gasteiger partial charge in [0.2, 0.25) is 11.8 Å². The molecule has 2 heterocycles. The van der Waals surface area contributed by atoms with Gasteiger partial charge in [0, 0.05) is 19.5 Å². The number of aliphatic hydroxyl groups excluding tert-OH is 1. The summed E-state index contributed by atoms with van der Waals surface area (Å²) in [5.41, 5.74) is 3.08. The van der Waals surface area contributed by atoms with Crippen molar-refractivity contribution in [3.05, 3.63) is 40.5 Å². The molecule has 0 radical (unpaired) electrons. The molecule has 1 aromatic carbocycles. The van der Waals surface area contributed by atoms with Gasteiger partial charge in [-0.05, 0) is 53.4 Å². The molecule has 2 aromatic rings. The number of hydrogen-bond donors (Lipinski definition) is 3. The lowest BCUT2D eigenvalue weighted by molar-refractivity contribution is -0.145. The predicted molar refractivity (Wildman–Crippen MR) is 153 cm³/mol. The molecule has 1 saturated carbocycles. The number of aliphatic hydroxyl groups is 1. The first-order valence-electron chi connectivity index (χ1n) is 13.8. The van der Waals surface area contributed by atoms with Crippen molar-refractivity contribution in [2.75, 3.05) is 6.54 Å². The second kappa shape index (κ2) is 10.9. The van der Waals surface area contributed by atoms with Gasteiger partial charge in [0.15, 0.2) is 5.67 Å². The maximum Gasteiger partial charge on any atom is 0.258 e. The second-order valence-electron chi connectivity index (χ2n) is 13.2. The number of alkyl halides is 1. The van der Waals surface area contributed by atoms with Crippen molar-refractivity contribution in [1.29, 1.82) is 0 Å². The van der Waals surface area contributed by atoms with E-state index in [0.29, 0.717) is 0 Å². The molecule has 4 rings (SSSR count). The van der Waals surface area contributed by atoms with Crippen LogP contribution in [0.25, 0.3) is 10.4 Å². The molecule has 1 saturated heterocycles. The number of nitrogens with zero attached hydrogens (tertiary/aromatic N) is 2. The average Bonchev–Trinajstić information content (AvgIpc) is 3.27. The Kier molecular flexibility index (Phi) is 8.17. The van der Waals surface area contributed by atoms with Crippen LogP contribution in [0.5, 0.6) is 0 Å². The molecule has 2 aliphatic rings. The van der Waals surface area contributed by atoms with E-state index < -0.39 is 41.1 Å². The highest BCUT2D eigenvalue weighted by Crippen LogP contribution is 2.40. The van der Waals surface area contributed by atoms with Gasteiger partial charge in [-0.15, -0.1) is 11.3 Å². The summed E-state index contributed by atoms with van der Waals surface area (Å²) in [7, 11) is 0. The number of benzene rings is 1. The van der Waals surface area contributed by atoms with E-state index in [1.807, 2.05) is 24.6 Å². The number of rotatable bonds is 7. The Morgan fingerprint density at radius 3 is 2.42 bits per heavy atom. The van der Waals surface area contributed by atoms with Crippen molar-refractivity contribution in [3.63, 3.8) is 0 Å². The largest absolute Gasteiger partial charge is 0.391 e. The molecule has 2 fully saturated rings. The molecule has 1 aliphatic carbocycles. The fourth-order valence-corrected chi connectivity index (χ4v) is 5.97. The number of β-amino-alcohol motifs (C(OH)–C–C–N with tert-alkyl or cyclic N) is 1. The Balaban J connectivity index is 1.51. The van der Waals surface area contributed by atoms with Crippen LogP contribution < -0.4 is 10.6 Å². The van der Waals surface area contributed by atoms with E-state index >= 15 is 0 Å². The monoisotopic (exact) mass is 572 g/mol. The molecular formula is C30H41FN4O4S. The van der Waals surface area contributed by atoms with E-state index in [-0.39, 0.29) is 43.7 Å². The highest BCUT2D eigenvalue weighted by Gasteiger charge is 2.53. The number of aromatic nitrogens is 1. The zero-order valence-electron chi connectivity index (χ0n) is 24.4. The van der Waals surface area contributed by atoms with Gasteiger partial charge >= 0.3 is 0 Å². The van der Waals surface area contributed by atoms with E-state index in [1.165, 1.54) is 4.90 Å².